The highest BCUT2D eigenvalue weighted by molar-refractivity contribution is 6.07. The van der Waals surface area contributed by atoms with Crippen LogP contribution in [0.1, 0.15) is 27.7 Å². The second-order valence-electron chi connectivity index (χ2n) is 3.98. The molecule has 0 aliphatic carbocycles. The minimum atomic E-state index is -0.148. The lowest BCUT2D eigenvalue weighted by molar-refractivity contribution is -0.111. The first-order chi connectivity index (χ1) is 7.93. The van der Waals surface area contributed by atoms with Crippen LogP contribution in [0.3, 0.4) is 0 Å². The van der Waals surface area contributed by atoms with Gasteiger partial charge in [0.2, 0.25) is 0 Å². The lowest BCUT2D eigenvalue weighted by Gasteiger charge is -2.07. The van der Waals surface area contributed by atoms with Crippen molar-refractivity contribution in [1.29, 1.82) is 0 Å². The summed E-state index contributed by atoms with van der Waals surface area (Å²) in [5.74, 6) is 0.136. The van der Waals surface area contributed by atoms with E-state index in [2.05, 4.69) is 18.2 Å². The molecule has 0 aromatic carbocycles. The summed E-state index contributed by atoms with van der Waals surface area (Å²) in [7, 11) is 0. The predicted octanol–water partition coefficient (Wildman–Crippen LogP) is 3.87. The molecule has 0 rings (SSSR count). The fourth-order valence-corrected chi connectivity index (χ4v) is 1.15. The van der Waals surface area contributed by atoms with Crippen molar-refractivity contribution in [2.75, 3.05) is 0 Å². The molecule has 0 saturated carbocycles. The van der Waals surface area contributed by atoms with Crippen molar-refractivity contribution >= 4 is 11.5 Å². The number of carbonyl (C=O) groups excluding carboxylic acids is 1. The molecule has 0 N–H and O–H groups in total. The number of hydrogen-bond donors (Lipinski definition) is 0. The molecule has 92 valence electrons. The topological polar surface area (TPSA) is 29.4 Å². The van der Waals surface area contributed by atoms with Gasteiger partial charge < -0.3 is 0 Å². The van der Waals surface area contributed by atoms with Gasteiger partial charge in [0, 0.05) is 11.3 Å². The summed E-state index contributed by atoms with van der Waals surface area (Å²) in [6, 6.07) is 0. The number of rotatable bonds is 6. The highest BCUT2D eigenvalue weighted by Gasteiger charge is 2.08. The molecule has 0 spiro atoms. The molecule has 0 aromatic rings. The van der Waals surface area contributed by atoms with Crippen LogP contribution in [-0.4, -0.2) is 11.5 Å². The van der Waals surface area contributed by atoms with Crippen LogP contribution in [0.2, 0.25) is 0 Å². The molecule has 0 unspecified atom stereocenters. The third kappa shape index (κ3) is 5.25. The fourth-order valence-electron chi connectivity index (χ4n) is 1.15. The maximum absolute atomic E-state index is 11.6. The van der Waals surface area contributed by atoms with Gasteiger partial charge in [0.05, 0.1) is 5.70 Å². The molecular formula is C15H21NO. The Labute approximate surface area is 104 Å². The van der Waals surface area contributed by atoms with Gasteiger partial charge in [-0.3, -0.25) is 9.79 Å². The Kier molecular flexibility index (Phi) is 6.80. The van der Waals surface area contributed by atoms with Crippen molar-refractivity contribution in [3.63, 3.8) is 0 Å². The van der Waals surface area contributed by atoms with Gasteiger partial charge in [-0.1, -0.05) is 39.2 Å². The minimum Gasteiger partial charge on any atom is -0.289 e. The first kappa shape index (κ1) is 15.3. The SMILES string of the molecule is C=C(N=C(/C=C\C)C(C)C)C(=C)C(=O)/C=C\C. The summed E-state index contributed by atoms with van der Waals surface area (Å²) in [6.45, 7) is 15.3. The van der Waals surface area contributed by atoms with E-state index < -0.39 is 0 Å². The Morgan fingerprint density at radius 1 is 1.12 bits per heavy atom. The van der Waals surface area contributed by atoms with E-state index in [1.54, 1.807) is 13.0 Å². The van der Waals surface area contributed by atoms with Crippen LogP contribution in [0.15, 0.2) is 53.7 Å². The maximum Gasteiger partial charge on any atom is 0.187 e. The van der Waals surface area contributed by atoms with E-state index in [1.165, 1.54) is 6.08 Å². The van der Waals surface area contributed by atoms with Gasteiger partial charge in [0.15, 0.2) is 5.78 Å². The Morgan fingerprint density at radius 3 is 2.06 bits per heavy atom. The smallest absolute Gasteiger partial charge is 0.187 e. The van der Waals surface area contributed by atoms with Crippen molar-refractivity contribution in [2.24, 2.45) is 10.9 Å². The van der Waals surface area contributed by atoms with Crippen molar-refractivity contribution < 1.29 is 4.79 Å². The van der Waals surface area contributed by atoms with Crippen molar-refractivity contribution in [1.82, 2.24) is 0 Å². The molecule has 0 aromatic heterocycles. The third-order valence-electron chi connectivity index (χ3n) is 2.16. The summed E-state index contributed by atoms with van der Waals surface area (Å²) in [6.07, 6.45) is 6.99. The second-order valence-corrected chi connectivity index (χ2v) is 3.98. The molecule has 2 nitrogen and oxygen atoms in total. The van der Waals surface area contributed by atoms with Gasteiger partial charge in [-0.05, 0) is 31.9 Å². The van der Waals surface area contributed by atoms with Crippen LogP contribution in [0, 0.1) is 5.92 Å². The molecule has 0 aliphatic heterocycles. The monoisotopic (exact) mass is 231 g/mol. The maximum atomic E-state index is 11.6. The third-order valence-corrected chi connectivity index (χ3v) is 2.16. The Balaban J connectivity index is 4.99. The standard InChI is InChI=1S/C15H21NO/c1-7-9-14(11(3)4)16-13(6)12(5)15(17)10-8-2/h7-11H,5-6H2,1-4H3/b9-7-,10-8-,16-14?. The van der Waals surface area contributed by atoms with Crippen molar-refractivity contribution in [2.45, 2.75) is 27.7 Å². The van der Waals surface area contributed by atoms with E-state index >= 15 is 0 Å². The largest absolute Gasteiger partial charge is 0.289 e. The zero-order chi connectivity index (χ0) is 13.4. The van der Waals surface area contributed by atoms with Gasteiger partial charge >= 0.3 is 0 Å². The first-order valence-electron chi connectivity index (χ1n) is 5.70. The van der Waals surface area contributed by atoms with Crippen LogP contribution >= 0.6 is 0 Å². The highest BCUT2D eigenvalue weighted by Crippen LogP contribution is 2.12. The molecule has 0 atom stereocenters. The molecule has 0 bridgehead atoms. The average Bonchev–Trinajstić information content (AvgIpc) is 2.27. The van der Waals surface area contributed by atoms with Crippen LogP contribution < -0.4 is 0 Å². The fraction of sp³-hybridized carbons (Fsp3) is 0.333. The molecule has 17 heavy (non-hydrogen) atoms. The van der Waals surface area contributed by atoms with Crippen LogP contribution in [0.5, 0.6) is 0 Å². The highest BCUT2D eigenvalue weighted by atomic mass is 16.1. The van der Waals surface area contributed by atoms with Gasteiger partial charge in [-0.25, -0.2) is 0 Å². The summed E-state index contributed by atoms with van der Waals surface area (Å²) in [5.41, 5.74) is 1.66. The number of carbonyl (C=O) groups is 1. The zero-order valence-electron chi connectivity index (χ0n) is 11.2. The summed E-state index contributed by atoms with van der Waals surface area (Å²) < 4.78 is 0. The van der Waals surface area contributed by atoms with E-state index in [0.29, 0.717) is 11.3 Å². The van der Waals surface area contributed by atoms with E-state index in [-0.39, 0.29) is 11.7 Å². The predicted molar refractivity (Wildman–Crippen MR) is 75.2 cm³/mol. The van der Waals surface area contributed by atoms with Crippen LogP contribution in [-0.2, 0) is 4.79 Å². The van der Waals surface area contributed by atoms with E-state index in [9.17, 15) is 4.79 Å². The van der Waals surface area contributed by atoms with Crippen LogP contribution in [0.25, 0.3) is 0 Å². The first-order valence-corrected chi connectivity index (χ1v) is 5.70. The summed E-state index contributed by atoms with van der Waals surface area (Å²) in [5, 5.41) is 0. The van der Waals surface area contributed by atoms with Crippen molar-refractivity contribution in [3.05, 3.63) is 48.7 Å². The molecule has 0 amide bonds. The lowest BCUT2D eigenvalue weighted by atomic mass is 10.1. The van der Waals surface area contributed by atoms with E-state index in [4.69, 9.17) is 0 Å². The zero-order valence-corrected chi connectivity index (χ0v) is 11.2. The Hall–Kier alpha value is -1.70. The van der Waals surface area contributed by atoms with Crippen molar-refractivity contribution in [3.8, 4) is 0 Å². The number of ketones is 1. The Bertz CT molecular complexity index is 395. The number of allylic oxidation sites excluding steroid dienone is 5. The van der Waals surface area contributed by atoms with Gasteiger partial charge in [0.1, 0.15) is 0 Å². The normalized spacial score (nSPS) is 12.6. The second kappa shape index (κ2) is 7.55. The molecule has 0 radical (unpaired) electrons. The van der Waals surface area contributed by atoms with Gasteiger partial charge in [0.25, 0.3) is 0 Å². The van der Waals surface area contributed by atoms with Gasteiger partial charge in [-0.15, -0.1) is 0 Å². The molecule has 0 saturated heterocycles. The molecule has 2 heteroatoms. The van der Waals surface area contributed by atoms with E-state index in [0.717, 1.165) is 5.71 Å². The molecular weight excluding hydrogens is 210 g/mol. The quantitative estimate of drug-likeness (QED) is 0.387. The molecule has 0 aliphatic rings. The number of hydrogen-bond acceptors (Lipinski definition) is 2. The minimum absolute atomic E-state index is 0.148. The Morgan fingerprint density at radius 2 is 1.65 bits per heavy atom. The summed E-state index contributed by atoms with van der Waals surface area (Å²) in [4.78, 5) is 15.9. The van der Waals surface area contributed by atoms with Gasteiger partial charge in [-0.2, -0.15) is 0 Å². The number of aliphatic imine (C=N–C) groups is 1. The summed E-state index contributed by atoms with van der Waals surface area (Å²) >= 11 is 0. The lowest BCUT2D eigenvalue weighted by Crippen LogP contribution is -2.06. The van der Waals surface area contributed by atoms with E-state index in [1.807, 2.05) is 32.9 Å². The molecule has 0 fully saturated rings. The molecule has 0 heterocycles. The number of nitrogens with zero attached hydrogens (tertiary/aromatic N) is 1. The van der Waals surface area contributed by atoms with Crippen LogP contribution in [0.4, 0.5) is 0 Å². The average molecular weight is 231 g/mol.